The minimum absolute atomic E-state index is 0.0620. The van der Waals surface area contributed by atoms with Gasteiger partial charge in [0.1, 0.15) is 11.3 Å². The van der Waals surface area contributed by atoms with E-state index in [1.807, 2.05) is 6.92 Å². The molecular weight excluding hydrogens is 246 g/mol. The lowest BCUT2D eigenvalue weighted by atomic mass is 10.2. The second kappa shape index (κ2) is 5.30. The van der Waals surface area contributed by atoms with Gasteiger partial charge in [0.25, 0.3) is 5.69 Å². The summed E-state index contributed by atoms with van der Waals surface area (Å²) in [6, 6.07) is 12.6. The topological polar surface area (TPSA) is 69.4 Å². The average Bonchev–Trinajstić information content (AvgIpc) is 2.41. The van der Waals surface area contributed by atoms with E-state index in [1.165, 1.54) is 18.2 Å². The van der Waals surface area contributed by atoms with Gasteiger partial charge in [0.15, 0.2) is 0 Å². The van der Waals surface area contributed by atoms with Crippen molar-refractivity contribution in [3.8, 4) is 5.75 Å². The normalized spacial score (nSPS) is 9.95. The number of aryl methyl sites for hydroxylation is 1. The lowest BCUT2D eigenvalue weighted by Crippen LogP contribution is -2.10. The van der Waals surface area contributed by atoms with Crippen LogP contribution >= 0.6 is 0 Å². The fraction of sp³-hybridized carbons (Fsp3) is 0.0714. The highest BCUT2D eigenvalue weighted by Gasteiger charge is 2.20. The Morgan fingerprint density at radius 2 is 1.74 bits per heavy atom. The van der Waals surface area contributed by atoms with Crippen LogP contribution in [0.4, 0.5) is 5.69 Å². The van der Waals surface area contributed by atoms with Gasteiger partial charge in [-0.25, -0.2) is 4.79 Å². The summed E-state index contributed by atoms with van der Waals surface area (Å²) in [6.45, 7) is 1.91. The largest absolute Gasteiger partial charge is 0.423 e. The van der Waals surface area contributed by atoms with Crippen molar-refractivity contribution in [1.82, 2.24) is 0 Å². The van der Waals surface area contributed by atoms with Gasteiger partial charge in [0.2, 0.25) is 0 Å². The zero-order valence-corrected chi connectivity index (χ0v) is 10.2. The number of ether oxygens (including phenoxy) is 1. The molecule has 5 nitrogen and oxygen atoms in total. The van der Waals surface area contributed by atoms with E-state index >= 15 is 0 Å². The number of nitrogens with zero attached hydrogens (tertiary/aromatic N) is 1. The molecule has 5 heteroatoms. The molecule has 2 rings (SSSR count). The van der Waals surface area contributed by atoms with Crippen molar-refractivity contribution < 1.29 is 14.5 Å². The molecule has 0 saturated carbocycles. The number of esters is 1. The molecule has 0 aliphatic heterocycles. The molecule has 0 amide bonds. The maximum Gasteiger partial charge on any atom is 0.350 e. The van der Waals surface area contributed by atoms with E-state index in [9.17, 15) is 14.9 Å². The minimum Gasteiger partial charge on any atom is -0.423 e. The molecule has 2 aromatic carbocycles. The SMILES string of the molecule is Cc1ccc(OC(=O)c2ccccc2[N+](=O)[O-])cc1. The number of para-hydroxylation sites is 1. The zero-order chi connectivity index (χ0) is 13.8. The van der Waals surface area contributed by atoms with Gasteiger partial charge in [0.05, 0.1) is 4.92 Å². The van der Waals surface area contributed by atoms with Gasteiger partial charge in [-0.15, -0.1) is 0 Å². The molecule has 0 spiro atoms. The molecule has 0 radical (unpaired) electrons. The minimum atomic E-state index is -0.740. The third-order valence-electron chi connectivity index (χ3n) is 2.55. The van der Waals surface area contributed by atoms with Crippen LogP contribution in [0.3, 0.4) is 0 Å². The number of rotatable bonds is 3. The molecule has 0 atom stereocenters. The summed E-state index contributed by atoms with van der Waals surface area (Å²) in [5.74, 6) is -0.384. The van der Waals surface area contributed by atoms with Crippen LogP contribution in [0, 0.1) is 17.0 Å². The highest BCUT2D eigenvalue weighted by Crippen LogP contribution is 2.20. The maximum absolute atomic E-state index is 11.9. The van der Waals surface area contributed by atoms with Crippen molar-refractivity contribution >= 4 is 11.7 Å². The van der Waals surface area contributed by atoms with Crippen LogP contribution < -0.4 is 4.74 Å². The average molecular weight is 257 g/mol. The van der Waals surface area contributed by atoms with E-state index < -0.39 is 10.9 Å². The van der Waals surface area contributed by atoms with Crippen molar-refractivity contribution in [2.75, 3.05) is 0 Å². The lowest BCUT2D eigenvalue weighted by Gasteiger charge is -2.05. The number of carbonyl (C=O) groups is 1. The van der Waals surface area contributed by atoms with Crippen LogP contribution in [0.2, 0.25) is 0 Å². The number of nitro benzene ring substituents is 1. The van der Waals surface area contributed by atoms with Crippen LogP contribution in [0.1, 0.15) is 15.9 Å². The fourth-order valence-electron chi connectivity index (χ4n) is 1.57. The molecule has 0 N–H and O–H groups in total. The lowest BCUT2D eigenvalue weighted by molar-refractivity contribution is -0.385. The number of hydrogen-bond acceptors (Lipinski definition) is 4. The molecule has 0 saturated heterocycles. The van der Waals surface area contributed by atoms with Gasteiger partial charge in [-0.3, -0.25) is 10.1 Å². The number of nitro groups is 1. The molecule has 0 unspecified atom stereocenters. The van der Waals surface area contributed by atoms with Gasteiger partial charge < -0.3 is 4.74 Å². The second-order valence-corrected chi connectivity index (χ2v) is 3.98. The van der Waals surface area contributed by atoms with Crippen molar-refractivity contribution in [2.45, 2.75) is 6.92 Å². The predicted molar refractivity (Wildman–Crippen MR) is 69.2 cm³/mol. The maximum atomic E-state index is 11.9. The molecule has 0 aliphatic carbocycles. The quantitative estimate of drug-likeness (QED) is 0.366. The van der Waals surface area contributed by atoms with Crippen molar-refractivity contribution in [2.24, 2.45) is 0 Å². The third kappa shape index (κ3) is 2.95. The first-order valence-corrected chi connectivity index (χ1v) is 5.60. The Balaban J connectivity index is 2.25. The van der Waals surface area contributed by atoms with Gasteiger partial charge in [-0.05, 0) is 25.1 Å². The standard InChI is InChI=1S/C14H11NO4/c1-10-6-8-11(9-7-10)19-14(16)12-4-2-3-5-13(12)15(17)18/h2-9H,1H3. The van der Waals surface area contributed by atoms with E-state index in [1.54, 1.807) is 30.3 Å². The highest BCUT2D eigenvalue weighted by molar-refractivity contribution is 5.95. The van der Waals surface area contributed by atoms with E-state index in [0.717, 1.165) is 5.56 Å². The molecule has 96 valence electrons. The number of carbonyl (C=O) groups excluding carboxylic acids is 1. The Labute approximate surface area is 109 Å². The summed E-state index contributed by atoms with van der Waals surface area (Å²) < 4.78 is 5.10. The third-order valence-corrected chi connectivity index (χ3v) is 2.55. The summed E-state index contributed by atoms with van der Waals surface area (Å²) in [6.07, 6.45) is 0. The fourth-order valence-corrected chi connectivity index (χ4v) is 1.57. The summed E-state index contributed by atoms with van der Waals surface area (Å²) in [5.41, 5.74) is 0.707. The predicted octanol–water partition coefficient (Wildman–Crippen LogP) is 3.12. The molecule has 0 aliphatic rings. The van der Waals surface area contributed by atoms with Crippen LogP contribution in [0.5, 0.6) is 5.75 Å². The highest BCUT2D eigenvalue weighted by atomic mass is 16.6. The first-order chi connectivity index (χ1) is 9.08. The van der Waals surface area contributed by atoms with Crippen molar-refractivity contribution in [3.63, 3.8) is 0 Å². The second-order valence-electron chi connectivity index (χ2n) is 3.98. The van der Waals surface area contributed by atoms with E-state index in [2.05, 4.69) is 0 Å². The zero-order valence-electron chi connectivity index (χ0n) is 10.2. The van der Waals surface area contributed by atoms with E-state index in [4.69, 9.17) is 4.74 Å². The molecule has 0 fully saturated rings. The van der Waals surface area contributed by atoms with E-state index in [-0.39, 0.29) is 11.3 Å². The van der Waals surface area contributed by atoms with Crippen LogP contribution in [0.15, 0.2) is 48.5 Å². The Kier molecular flexibility index (Phi) is 3.56. The number of benzene rings is 2. The van der Waals surface area contributed by atoms with Gasteiger partial charge in [-0.2, -0.15) is 0 Å². The van der Waals surface area contributed by atoms with Crippen LogP contribution in [-0.2, 0) is 0 Å². The summed E-state index contributed by atoms with van der Waals surface area (Å²) in [4.78, 5) is 22.1. The molecule has 0 heterocycles. The Hall–Kier alpha value is -2.69. The van der Waals surface area contributed by atoms with Gasteiger partial charge in [-0.1, -0.05) is 29.8 Å². The molecular formula is C14H11NO4. The van der Waals surface area contributed by atoms with Crippen molar-refractivity contribution in [1.29, 1.82) is 0 Å². The van der Waals surface area contributed by atoms with Crippen LogP contribution in [0.25, 0.3) is 0 Å². The summed E-state index contributed by atoms with van der Waals surface area (Å²) in [5, 5.41) is 10.8. The Morgan fingerprint density at radius 3 is 2.37 bits per heavy atom. The Morgan fingerprint density at radius 1 is 1.11 bits per heavy atom. The first-order valence-electron chi connectivity index (χ1n) is 5.60. The summed E-state index contributed by atoms with van der Waals surface area (Å²) >= 11 is 0. The smallest absolute Gasteiger partial charge is 0.350 e. The molecule has 0 aromatic heterocycles. The van der Waals surface area contributed by atoms with Crippen molar-refractivity contribution in [3.05, 3.63) is 69.8 Å². The van der Waals surface area contributed by atoms with E-state index in [0.29, 0.717) is 5.75 Å². The first kappa shape index (κ1) is 12.8. The number of hydrogen-bond donors (Lipinski definition) is 0. The molecule has 2 aromatic rings. The van der Waals surface area contributed by atoms with Gasteiger partial charge in [0, 0.05) is 6.07 Å². The summed E-state index contributed by atoms with van der Waals surface area (Å²) in [7, 11) is 0. The molecule has 0 bridgehead atoms. The molecule has 19 heavy (non-hydrogen) atoms. The Bertz CT molecular complexity index is 620. The van der Waals surface area contributed by atoms with Crippen LogP contribution in [-0.4, -0.2) is 10.9 Å². The monoisotopic (exact) mass is 257 g/mol. The van der Waals surface area contributed by atoms with Gasteiger partial charge >= 0.3 is 5.97 Å².